The van der Waals surface area contributed by atoms with Gasteiger partial charge in [0.25, 0.3) is 0 Å². The summed E-state index contributed by atoms with van der Waals surface area (Å²) in [6.45, 7) is 6.56. The Labute approximate surface area is 124 Å². The number of carboxylic acid groups (broad SMARTS) is 1. The van der Waals surface area contributed by atoms with E-state index in [1.54, 1.807) is 6.07 Å². The average molecular weight is 288 g/mol. The smallest absolute Gasteiger partial charge is 0.354 e. The van der Waals surface area contributed by atoms with E-state index in [0.717, 1.165) is 17.7 Å². The molecule has 1 aromatic carbocycles. The Morgan fingerprint density at radius 3 is 2.48 bits per heavy atom. The molecule has 5 nitrogen and oxygen atoms in total. The molecule has 1 N–H and O–H groups in total. The molecule has 0 fully saturated rings. The van der Waals surface area contributed by atoms with Crippen molar-refractivity contribution in [3.63, 3.8) is 0 Å². The van der Waals surface area contributed by atoms with E-state index >= 15 is 0 Å². The molecule has 0 spiro atoms. The zero-order chi connectivity index (χ0) is 15.4. The monoisotopic (exact) mass is 288 g/mol. The van der Waals surface area contributed by atoms with Gasteiger partial charge in [0.2, 0.25) is 0 Å². The van der Waals surface area contributed by atoms with E-state index < -0.39 is 5.97 Å². The van der Waals surface area contributed by atoms with Gasteiger partial charge in [-0.15, -0.1) is 0 Å². The number of benzene rings is 1. The van der Waals surface area contributed by atoms with E-state index in [0.29, 0.717) is 12.3 Å². The van der Waals surface area contributed by atoms with Crippen LogP contribution in [0.15, 0.2) is 30.3 Å². The van der Waals surface area contributed by atoms with Crippen LogP contribution >= 0.6 is 0 Å². The number of carbonyl (C=O) groups is 1. The Bertz CT molecular complexity index is 615. The van der Waals surface area contributed by atoms with Crippen molar-refractivity contribution in [1.82, 2.24) is 9.78 Å². The molecule has 0 aliphatic rings. The second-order valence-corrected chi connectivity index (χ2v) is 5.13. The number of aromatic carboxylic acids is 1. The van der Waals surface area contributed by atoms with Crippen molar-refractivity contribution in [3.8, 4) is 17.0 Å². The third-order valence-electron chi connectivity index (χ3n) is 3.07. The predicted molar refractivity (Wildman–Crippen MR) is 80.8 cm³/mol. The maximum Gasteiger partial charge on any atom is 0.354 e. The lowest BCUT2D eigenvalue weighted by molar-refractivity contribution is 0.0681. The van der Waals surface area contributed by atoms with Gasteiger partial charge in [0.05, 0.1) is 12.3 Å². The maximum atomic E-state index is 11.3. The van der Waals surface area contributed by atoms with Crippen molar-refractivity contribution in [2.24, 2.45) is 0 Å². The highest BCUT2D eigenvalue weighted by atomic mass is 16.5. The van der Waals surface area contributed by atoms with E-state index in [9.17, 15) is 9.90 Å². The lowest BCUT2D eigenvalue weighted by Gasteiger charge is -2.07. The van der Waals surface area contributed by atoms with Crippen molar-refractivity contribution in [3.05, 3.63) is 36.0 Å². The van der Waals surface area contributed by atoms with E-state index in [4.69, 9.17) is 4.74 Å². The highest BCUT2D eigenvalue weighted by molar-refractivity contribution is 5.87. The number of aromatic nitrogens is 2. The molecule has 1 aromatic heterocycles. The molecule has 0 aliphatic heterocycles. The molecule has 2 rings (SSSR count). The molecule has 21 heavy (non-hydrogen) atoms. The summed E-state index contributed by atoms with van der Waals surface area (Å²) in [6, 6.07) is 9.13. The molecule has 112 valence electrons. The van der Waals surface area contributed by atoms with Gasteiger partial charge in [-0.1, -0.05) is 6.92 Å². The van der Waals surface area contributed by atoms with Crippen LogP contribution in [-0.2, 0) is 0 Å². The number of hydrogen-bond acceptors (Lipinski definition) is 3. The zero-order valence-corrected chi connectivity index (χ0v) is 12.5. The van der Waals surface area contributed by atoms with Crippen molar-refractivity contribution >= 4 is 5.97 Å². The predicted octanol–water partition coefficient (Wildman–Crippen LogP) is 3.62. The van der Waals surface area contributed by atoms with Crippen LogP contribution in [0.25, 0.3) is 11.3 Å². The molecule has 5 heteroatoms. The first-order chi connectivity index (χ1) is 10.0. The van der Waals surface area contributed by atoms with Gasteiger partial charge in [-0.05, 0) is 50.6 Å². The van der Waals surface area contributed by atoms with E-state index in [-0.39, 0.29) is 11.7 Å². The summed E-state index contributed by atoms with van der Waals surface area (Å²) in [6.07, 6.45) is 0.961. The van der Waals surface area contributed by atoms with Gasteiger partial charge in [0.15, 0.2) is 0 Å². The van der Waals surface area contributed by atoms with Gasteiger partial charge in [-0.3, -0.25) is 4.68 Å². The largest absolute Gasteiger partial charge is 0.494 e. The molecule has 0 aliphatic carbocycles. The van der Waals surface area contributed by atoms with Gasteiger partial charge in [0, 0.05) is 11.6 Å². The fraction of sp³-hybridized carbons (Fsp3) is 0.375. The summed E-state index contributed by atoms with van der Waals surface area (Å²) >= 11 is 0. The van der Waals surface area contributed by atoms with E-state index in [2.05, 4.69) is 12.0 Å². The van der Waals surface area contributed by atoms with Crippen LogP contribution in [0.1, 0.15) is 43.7 Å². The first-order valence-electron chi connectivity index (χ1n) is 7.09. The second-order valence-electron chi connectivity index (χ2n) is 5.13. The number of carboxylic acids is 1. The lowest BCUT2D eigenvalue weighted by atomic mass is 10.1. The maximum absolute atomic E-state index is 11.3. The van der Waals surface area contributed by atoms with Gasteiger partial charge < -0.3 is 9.84 Å². The summed E-state index contributed by atoms with van der Waals surface area (Å²) in [5.74, 6) is -0.160. The minimum Gasteiger partial charge on any atom is -0.494 e. The Morgan fingerprint density at radius 2 is 2.00 bits per heavy atom. The minimum absolute atomic E-state index is 0.00277. The first kappa shape index (κ1) is 15.1. The Hall–Kier alpha value is -2.30. The Morgan fingerprint density at radius 1 is 1.33 bits per heavy atom. The number of rotatable bonds is 6. The molecule has 0 bridgehead atoms. The molecule has 0 saturated carbocycles. The molecular formula is C16H20N2O3. The molecule has 2 aromatic rings. The van der Waals surface area contributed by atoms with Crippen LogP contribution in [0, 0.1) is 0 Å². The Kier molecular flexibility index (Phi) is 4.62. The third-order valence-corrected chi connectivity index (χ3v) is 3.07. The number of ether oxygens (including phenoxy) is 1. The lowest BCUT2D eigenvalue weighted by Crippen LogP contribution is -2.11. The van der Waals surface area contributed by atoms with Crippen LogP contribution in [0.4, 0.5) is 0 Å². The van der Waals surface area contributed by atoms with Crippen molar-refractivity contribution in [2.45, 2.75) is 33.2 Å². The average Bonchev–Trinajstić information content (AvgIpc) is 2.91. The molecule has 0 unspecified atom stereocenters. The third kappa shape index (κ3) is 3.42. The minimum atomic E-state index is -0.967. The van der Waals surface area contributed by atoms with Crippen molar-refractivity contribution in [1.29, 1.82) is 0 Å². The molecule has 0 atom stereocenters. The standard InChI is InChI=1S/C16H20N2O3/c1-4-9-21-13-7-5-12(6-8-13)14-10-15(16(19)20)18(17-14)11(2)3/h5-8,10-11H,4,9H2,1-3H3,(H,19,20). The fourth-order valence-corrected chi connectivity index (χ4v) is 2.03. The van der Waals surface area contributed by atoms with Gasteiger partial charge in [-0.25, -0.2) is 4.79 Å². The van der Waals surface area contributed by atoms with Crippen LogP contribution in [-0.4, -0.2) is 27.5 Å². The van der Waals surface area contributed by atoms with Crippen molar-refractivity contribution in [2.75, 3.05) is 6.61 Å². The normalized spacial score (nSPS) is 10.9. The molecular weight excluding hydrogens is 268 g/mol. The molecule has 0 saturated heterocycles. The van der Waals surface area contributed by atoms with E-state index in [1.807, 2.05) is 38.1 Å². The quantitative estimate of drug-likeness (QED) is 0.881. The highest BCUT2D eigenvalue weighted by Gasteiger charge is 2.17. The summed E-state index contributed by atoms with van der Waals surface area (Å²) in [5, 5.41) is 13.6. The number of nitrogens with zero attached hydrogens (tertiary/aromatic N) is 2. The summed E-state index contributed by atoms with van der Waals surface area (Å²) in [7, 11) is 0. The van der Waals surface area contributed by atoms with Crippen LogP contribution in [0.3, 0.4) is 0 Å². The molecule has 1 heterocycles. The number of hydrogen-bond donors (Lipinski definition) is 1. The van der Waals surface area contributed by atoms with Crippen molar-refractivity contribution < 1.29 is 14.6 Å². The Balaban J connectivity index is 2.29. The topological polar surface area (TPSA) is 64.3 Å². The summed E-state index contributed by atoms with van der Waals surface area (Å²) < 4.78 is 7.06. The van der Waals surface area contributed by atoms with Gasteiger partial charge >= 0.3 is 5.97 Å². The fourth-order valence-electron chi connectivity index (χ4n) is 2.03. The SMILES string of the molecule is CCCOc1ccc(-c2cc(C(=O)O)n(C(C)C)n2)cc1. The molecule has 0 radical (unpaired) electrons. The first-order valence-corrected chi connectivity index (χ1v) is 7.09. The zero-order valence-electron chi connectivity index (χ0n) is 12.5. The van der Waals surface area contributed by atoms with Gasteiger partial charge in [0.1, 0.15) is 11.4 Å². The summed E-state index contributed by atoms with van der Waals surface area (Å²) in [4.78, 5) is 11.3. The highest BCUT2D eigenvalue weighted by Crippen LogP contribution is 2.24. The van der Waals surface area contributed by atoms with Crippen LogP contribution in [0.5, 0.6) is 5.75 Å². The van der Waals surface area contributed by atoms with Gasteiger partial charge in [-0.2, -0.15) is 5.10 Å². The van der Waals surface area contributed by atoms with E-state index in [1.165, 1.54) is 4.68 Å². The second kappa shape index (κ2) is 6.43. The van der Waals surface area contributed by atoms with Crippen LogP contribution < -0.4 is 4.74 Å². The van der Waals surface area contributed by atoms with Crippen LogP contribution in [0.2, 0.25) is 0 Å². The summed E-state index contributed by atoms with van der Waals surface area (Å²) in [5.41, 5.74) is 1.73. The molecule has 0 amide bonds.